The predicted molar refractivity (Wildman–Crippen MR) is 135 cm³/mol. The van der Waals surface area contributed by atoms with Crippen molar-refractivity contribution in [3.05, 3.63) is 24.5 Å². The number of amides is 1. The molecule has 36 heavy (non-hydrogen) atoms. The van der Waals surface area contributed by atoms with E-state index >= 15 is 0 Å². The van der Waals surface area contributed by atoms with E-state index in [1.807, 2.05) is 32.2 Å². The van der Waals surface area contributed by atoms with E-state index in [1.54, 1.807) is 11.1 Å². The highest BCUT2D eigenvalue weighted by atomic mass is 19.1. The number of ether oxygens (including phenoxy) is 1. The topological polar surface area (TPSA) is 115 Å². The Bertz CT molecular complexity index is 1190. The van der Waals surface area contributed by atoms with Crippen LogP contribution in [-0.4, -0.2) is 100 Å². The van der Waals surface area contributed by atoms with E-state index in [0.29, 0.717) is 25.1 Å². The van der Waals surface area contributed by atoms with Gasteiger partial charge in [0.15, 0.2) is 0 Å². The minimum Gasteiger partial charge on any atom is -0.447 e. The van der Waals surface area contributed by atoms with E-state index in [2.05, 4.69) is 37.2 Å². The van der Waals surface area contributed by atoms with E-state index in [4.69, 9.17) is 14.7 Å². The SMILES string of the molecule is C[C@@H]1CN(c2ccc(-c3n[nH]c4cnc(N5[C@H](C)CN(C(=O)OCCF)C[C@@H]5C)nc34)cn2)CCN1. The van der Waals surface area contributed by atoms with Gasteiger partial charge in [0.1, 0.15) is 35.8 Å². The van der Waals surface area contributed by atoms with Gasteiger partial charge in [-0.15, -0.1) is 0 Å². The van der Waals surface area contributed by atoms with Crippen molar-refractivity contribution < 1.29 is 13.9 Å². The number of nitrogens with zero attached hydrogens (tertiary/aromatic N) is 7. The Kier molecular flexibility index (Phi) is 6.86. The molecule has 1 amide bonds. The summed E-state index contributed by atoms with van der Waals surface area (Å²) < 4.78 is 17.4. The summed E-state index contributed by atoms with van der Waals surface area (Å²) in [6.07, 6.45) is 3.08. The molecule has 0 radical (unpaired) electrons. The zero-order valence-electron chi connectivity index (χ0n) is 20.8. The monoisotopic (exact) mass is 497 g/mol. The lowest BCUT2D eigenvalue weighted by Crippen LogP contribution is -2.58. The largest absolute Gasteiger partial charge is 0.447 e. The summed E-state index contributed by atoms with van der Waals surface area (Å²) >= 11 is 0. The van der Waals surface area contributed by atoms with Gasteiger partial charge in [0.05, 0.1) is 6.20 Å². The molecule has 0 unspecified atom stereocenters. The molecule has 0 aliphatic carbocycles. The Morgan fingerprint density at radius 3 is 2.64 bits per heavy atom. The molecule has 2 aliphatic rings. The second-order valence-electron chi connectivity index (χ2n) is 9.52. The summed E-state index contributed by atoms with van der Waals surface area (Å²) in [6.45, 7) is 8.94. The standard InChI is InChI=1S/C24H32FN9O2/c1-15-12-32(8-7-26-15)20-5-4-18(10-27-20)21-22-19(30-31-21)11-28-23(29-22)34-16(2)13-33(14-17(34)3)24(35)36-9-6-25/h4-5,10-11,15-17,26H,6-9,12-14H2,1-3H3,(H,30,31)/t15-,16-,17+/m1/s1. The number of anilines is 2. The van der Waals surface area contributed by atoms with Crippen molar-refractivity contribution in [3.63, 3.8) is 0 Å². The van der Waals surface area contributed by atoms with Crippen LogP contribution in [0.4, 0.5) is 21.0 Å². The molecule has 2 saturated heterocycles. The first-order valence-corrected chi connectivity index (χ1v) is 12.4. The molecule has 2 fully saturated rings. The van der Waals surface area contributed by atoms with Crippen LogP contribution >= 0.6 is 0 Å². The number of fused-ring (bicyclic) bond motifs is 1. The van der Waals surface area contributed by atoms with Gasteiger partial charge in [-0.1, -0.05) is 0 Å². The third-order valence-corrected chi connectivity index (χ3v) is 6.71. The molecular formula is C24H32FN9O2. The van der Waals surface area contributed by atoms with Gasteiger partial charge in [0.25, 0.3) is 0 Å². The van der Waals surface area contributed by atoms with Gasteiger partial charge in [0.2, 0.25) is 5.95 Å². The first-order valence-electron chi connectivity index (χ1n) is 12.4. The fraction of sp³-hybridized carbons (Fsp3) is 0.542. The Morgan fingerprint density at radius 1 is 1.14 bits per heavy atom. The minimum atomic E-state index is -0.690. The van der Waals surface area contributed by atoms with Crippen LogP contribution in [0, 0.1) is 0 Å². The van der Waals surface area contributed by atoms with E-state index in [1.165, 1.54) is 0 Å². The highest BCUT2D eigenvalue weighted by molar-refractivity contribution is 5.89. The average molecular weight is 498 g/mol. The van der Waals surface area contributed by atoms with E-state index < -0.39 is 12.8 Å². The number of aromatic nitrogens is 5. The summed E-state index contributed by atoms with van der Waals surface area (Å²) in [6, 6.07) is 4.38. The number of carbonyl (C=O) groups is 1. The molecule has 0 spiro atoms. The maximum Gasteiger partial charge on any atom is 0.409 e. The highest BCUT2D eigenvalue weighted by Crippen LogP contribution is 2.29. The number of halogens is 1. The number of nitrogens with one attached hydrogen (secondary N) is 2. The number of piperazine rings is 2. The predicted octanol–water partition coefficient (Wildman–Crippen LogP) is 2.22. The van der Waals surface area contributed by atoms with Gasteiger partial charge < -0.3 is 24.8 Å². The number of alkyl halides is 1. The molecule has 2 aliphatic heterocycles. The third kappa shape index (κ3) is 4.77. The molecule has 11 nitrogen and oxygen atoms in total. The first-order chi connectivity index (χ1) is 17.4. The van der Waals surface area contributed by atoms with Crippen molar-refractivity contribution in [2.45, 2.75) is 38.9 Å². The third-order valence-electron chi connectivity index (χ3n) is 6.71. The van der Waals surface area contributed by atoms with Crippen LogP contribution in [0.2, 0.25) is 0 Å². The van der Waals surface area contributed by atoms with Gasteiger partial charge in [-0.05, 0) is 32.9 Å². The summed E-state index contributed by atoms with van der Waals surface area (Å²) in [5.41, 5.74) is 3.05. The first kappa shape index (κ1) is 24.2. The molecule has 3 atom stereocenters. The Labute approximate surface area is 209 Å². The lowest BCUT2D eigenvalue weighted by Gasteiger charge is -2.43. The number of aromatic amines is 1. The Balaban J connectivity index is 1.36. The van der Waals surface area contributed by atoms with Crippen molar-refractivity contribution >= 4 is 28.9 Å². The molecule has 5 heterocycles. The number of carbonyl (C=O) groups excluding carboxylic acids is 1. The molecule has 0 bridgehead atoms. The average Bonchev–Trinajstić information content (AvgIpc) is 3.30. The number of rotatable bonds is 5. The lowest BCUT2D eigenvalue weighted by atomic mass is 10.1. The molecule has 5 rings (SSSR count). The highest BCUT2D eigenvalue weighted by Gasteiger charge is 2.34. The fourth-order valence-electron chi connectivity index (χ4n) is 5.07. The molecule has 0 saturated carbocycles. The van der Waals surface area contributed by atoms with Crippen molar-refractivity contribution in [1.29, 1.82) is 0 Å². The fourth-order valence-corrected chi connectivity index (χ4v) is 5.07. The number of pyridine rings is 1. The van der Waals surface area contributed by atoms with Crippen LogP contribution in [0.5, 0.6) is 0 Å². The Hall–Kier alpha value is -3.54. The van der Waals surface area contributed by atoms with Gasteiger partial charge in [0, 0.05) is 62.6 Å². The van der Waals surface area contributed by atoms with Crippen LogP contribution in [0.25, 0.3) is 22.3 Å². The molecule has 0 aromatic carbocycles. The van der Waals surface area contributed by atoms with Gasteiger partial charge in [-0.3, -0.25) is 5.10 Å². The van der Waals surface area contributed by atoms with Crippen molar-refractivity contribution in [3.8, 4) is 11.3 Å². The zero-order chi connectivity index (χ0) is 25.2. The van der Waals surface area contributed by atoms with E-state index in [-0.39, 0.29) is 18.7 Å². The maximum absolute atomic E-state index is 12.4. The normalized spacial score (nSPS) is 22.8. The van der Waals surface area contributed by atoms with Gasteiger partial charge in [-0.25, -0.2) is 24.1 Å². The van der Waals surface area contributed by atoms with Crippen LogP contribution < -0.4 is 15.1 Å². The van der Waals surface area contributed by atoms with Crippen LogP contribution in [0.1, 0.15) is 20.8 Å². The van der Waals surface area contributed by atoms with E-state index in [0.717, 1.165) is 47.7 Å². The summed E-state index contributed by atoms with van der Waals surface area (Å²) in [4.78, 5) is 32.4. The van der Waals surface area contributed by atoms with Crippen molar-refractivity contribution in [2.24, 2.45) is 0 Å². The number of hydrogen-bond acceptors (Lipinski definition) is 9. The molecule has 192 valence electrons. The molecule has 12 heteroatoms. The second-order valence-corrected chi connectivity index (χ2v) is 9.52. The van der Waals surface area contributed by atoms with Gasteiger partial charge in [-0.2, -0.15) is 5.10 Å². The van der Waals surface area contributed by atoms with Crippen LogP contribution in [0.15, 0.2) is 24.5 Å². The number of hydrogen-bond donors (Lipinski definition) is 2. The second kappa shape index (κ2) is 10.2. The van der Waals surface area contributed by atoms with Gasteiger partial charge >= 0.3 is 6.09 Å². The zero-order valence-corrected chi connectivity index (χ0v) is 20.8. The molecule has 3 aromatic heterocycles. The van der Waals surface area contributed by atoms with Crippen molar-refractivity contribution in [1.82, 2.24) is 35.4 Å². The maximum atomic E-state index is 12.4. The smallest absolute Gasteiger partial charge is 0.409 e. The lowest BCUT2D eigenvalue weighted by molar-refractivity contribution is 0.0848. The Morgan fingerprint density at radius 2 is 1.94 bits per heavy atom. The summed E-state index contributed by atoms with van der Waals surface area (Å²) in [5, 5.41) is 11.0. The summed E-state index contributed by atoms with van der Waals surface area (Å²) in [7, 11) is 0. The van der Waals surface area contributed by atoms with E-state index in [9.17, 15) is 9.18 Å². The minimum absolute atomic E-state index is 0.0538. The summed E-state index contributed by atoms with van der Waals surface area (Å²) in [5.74, 6) is 1.52. The molecule has 3 aromatic rings. The van der Waals surface area contributed by atoms with Crippen molar-refractivity contribution in [2.75, 3.05) is 55.8 Å². The quantitative estimate of drug-likeness (QED) is 0.547. The number of H-pyrrole nitrogens is 1. The van der Waals surface area contributed by atoms with Crippen LogP contribution in [0.3, 0.4) is 0 Å². The van der Waals surface area contributed by atoms with Crippen LogP contribution in [-0.2, 0) is 4.74 Å². The molecule has 2 N–H and O–H groups in total. The molecular weight excluding hydrogens is 465 g/mol.